The Morgan fingerprint density at radius 2 is 1.92 bits per heavy atom. The fourth-order valence-corrected chi connectivity index (χ4v) is 2.03. The lowest BCUT2D eigenvalue weighted by Gasteiger charge is -2.26. The van der Waals surface area contributed by atoms with E-state index in [9.17, 15) is 0 Å². The summed E-state index contributed by atoms with van der Waals surface area (Å²) in [5.74, 6) is 1.43. The van der Waals surface area contributed by atoms with E-state index >= 15 is 0 Å². The molecule has 78 valence electrons. The van der Waals surface area contributed by atoms with E-state index < -0.39 is 0 Å². The van der Waals surface area contributed by atoms with Crippen molar-refractivity contribution in [2.24, 2.45) is 11.8 Å². The molecular formula is C12H25N. The first-order chi connectivity index (χ1) is 5.99. The Bertz CT molecular complexity index is 149. The van der Waals surface area contributed by atoms with E-state index in [0.29, 0.717) is 5.92 Å². The van der Waals surface area contributed by atoms with Gasteiger partial charge in [-0.1, -0.05) is 32.4 Å². The van der Waals surface area contributed by atoms with Crippen molar-refractivity contribution >= 4 is 0 Å². The first kappa shape index (κ1) is 12.7. The third-order valence-corrected chi connectivity index (χ3v) is 2.57. The van der Waals surface area contributed by atoms with E-state index in [-0.39, 0.29) is 0 Å². The lowest BCUT2D eigenvalue weighted by molar-refractivity contribution is 0.275. The van der Waals surface area contributed by atoms with Crippen LogP contribution in [0.25, 0.3) is 0 Å². The van der Waals surface area contributed by atoms with Crippen molar-refractivity contribution in [3.8, 4) is 0 Å². The van der Waals surface area contributed by atoms with Crippen LogP contribution < -0.4 is 0 Å². The van der Waals surface area contributed by atoms with Crippen LogP contribution in [0.5, 0.6) is 0 Å². The third-order valence-electron chi connectivity index (χ3n) is 2.57. The number of allylic oxidation sites excluding steroid dienone is 1. The summed E-state index contributed by atoms with van der Waals surface area (Å²) in [6.07, 6.45) is 2.54. The topological polar surface area (TPSA) is 3.24 Å². The largest absolute Gasteiger partial charge is 0.309 e. The van der Waals surface area contributed by atoms with E-state index in [4.69, 9.17) is 0 Å². The van der Waals surface area contributed by atoms with Crippen LogP contribution in [-0.2, 0) is 0 Å². The van der Waals surface area contributed by atoms with Crippen LogP contribution in [-0.4, -0.2) is 25.5 Å². The number of rotatable bonds is 6. The fraction of sp³-hybridized carbons (Fsp3) is 0.833. The molecule has 0 saturated heterocycles. The number of hydrogen-bond acceptors (Lipinski definition) is 1. The van der Waals surface area contributed by atoms with Crippen LogP contribution in [0.1, 0.15) is 33.6 Å². The van der Waals surface area contributed by atoms with Crippen molar-refractivity contribution in [3.63, 3.8) is 0 Å². The van der Waals surface area contributed by atoms with E-state index in [0.717, 1.165) is 12.5 Å². The standard InChI is InChI=1S/C12H25N/c1-7-8-12(10(2)3)11(4)9-13(5)6/h11-12H,2,7-9H2,1,3-6H3. The molecule has 2 atom stereocenters. The summed E-state index contributed by atoms with van der Waals surface area (Å²) in [6.45, 7) is 12.0. The van der Waals surface area contributed by atoms with Gasteiger partial charge in [-0.15, -0.1) is 0 Å². The molecule has 0 radical (unpaired) electrons. The molecule has 0 bridgehead atoms. The van der Waals surface area contributed by atoms with Gasteiger partial charge in [0.2, 0.25) is 0 Å². The van der Waals surface area contributed by atoms with Crippen molar-refractivity contribution in [1.82, 2.24) is 4.90 Å². The Hall–Kier alpha value is -0.300. The zero-order chi connectivity index (χ0) is 10.4. The summed E-state index contributed by atoms with van der Waals surface area (Å²) in [7, 11) is 4.27. The third kappa shape index (κ3) is 5.09. The maximum atomic E-state index is 4.08. The van der Waals surface area contributed by atoms with Gasteiger partial charge in [-0.2, -0.15) is 0 Å². The highest BCUT2D eigenvalue weighted by Gasteiger charge is 2.17. The average Bonchev–Trinajstić information content (AvgIpc) is 1.97. The summed E-state index contributed by atoms with van der Waals surface area (Å²) in [4.78, 5) is 2.26. The van der Waals surface area contributed by atoms with Crippen LogP contribution >= 0.6 is 0 Å². The maximum Gasteiger partial charge on any atom is 0.000664 e. The predicted octanol–water partition coefficient (Wildman–Crippen LogP) is 3.18. The van der Waals surface area contributed by atoms with E-state index in [2.05, 4.69) is 46.3 Å². The second-order valence-electron chi connectivity index (χ2n) is 4.48. The maximum absolute atomic E-state index is 4.08. The van der Waals surface area contributed by atoms with Crippen molar-refractivity contribution in [1.29, 1.82) is 0 Å². The molecule has 1 nitrogen and oxygen atoms in total. The summed E-state index contributed by atoms with van der Waals surface area (Å²) in [5.41, 5.74) is 1.34. The van der Waals surface area contributed by atoms with Gasteiger partial charge < -0.3 is 4.90 Å². The van der Waals surface area contributed by atoms with Gasteiger partial charge in [0.15, 0.2) is 0 Å². The Balaban J connectivity index is 4.10. The van der Waals surface area contributed by atoms with E-state index in [1.54, 1.807) is 0 Å². The minimum absolute atomic E-state index is 0.701. The molecule has 0 heterocycles. The lowest BCUT2D eigenvalue weighted by atomic mass is 9.85. The first-order valence-corrected chi connectivity index (χ1v) is 5.29. The van der Waals surface area contributed by atoms with Crippen molar-refractivity contribution in [2.75, 3.05) is 20.6 Å². The highest BCUT2D eigenvalue weighted by atomic mass is 15.1. The Morgan fingerprint density at radius 3 is 2.23 bits per heavy atom. The van der Waals surface area contributed by atoms with Crippen molar-refractivity contribution in [3.05, 3.63) is 12.2 Å². The van der Waals surface area contributed by atoms with E-state index in [1.807, 2.05) is 0 Å². The Kier molecular flexibility index (Phi) is 6.06. The molecule has 0 aromatic heterocycles. The van der Waals surface area contributed by atoms with Gasteiger partial charge >= 0.3 is 0 Å². The summed E-state index contributed by atoms with van der Waals surface area (Å²) >= 11 is 0. The van der Waals surface area contributed by atoms with Crippen LogP contribution in [0, 0.1) is 11.8 Å². The van der Waals surface area contributed by atoms with Crippen molar-refractivity contribution < 1.29 is 0 Å². The zero-order valence-electron chi connectivity index (χ0n) is 9.93. The van der Waals surface area contributed by atoms with Crippen LogP contribution in [0.4, 0.5) is 0 Å². The monoisotopic (exact) mass is 183 g/mol. The van der Waals surface area contributed by atoms with Crippen molar-refractivity contribution in [2.45, 2.75) is 33.6 Å². The smallest absolute Gasteiger partial charge is 0.000664 e. The number of nitrogens with zero attached hydrogens (tertiary/aromatic N) is 1. The SMILES string of the molecule is C=C(C)C(CCC)C(C)CN(C)C. The summed E-state index contributed by atoms with van der Waals surface area (Å²) in [5, 5.41) is 0. The van der Waals surface area contributed by atoms with Gasteiger partial charge in [-0.3, -0.25) is 0 Å². The second-order valence-corrected chi connectivity index (χ2v) is 4.48. The fourth-order valence-electron chi connectivity index (χ4n) is 2.03. The van der Waals surface area contributed by atoms with Gasteiger partial charge in [0.1, 0.15) is 0 Å². The van der Waals surface area contributed by atoms with Crippen LogP contribution in [0.2, 0.25) is 0 Å². The zero-order valence-corrected chi connectivity index (χ0v) is 9.93. The second kappa shape index (κ2) is 6.20. The molecule has 0 fully saturated rings. The summed E-state index contributed by atoms with van der Waals surface area (Å²) in [6, 6.07) is 0. The summed E-state index contributed by atoms with van der Waals surface area (Å²) < 4.78 is 0. The Labute approximate surface area is 83.8 Å². The highest BCUT2D eigenvalue weighted by molar-refractivity contribution is 4.98. The molecule has 0 aromatic rings. The van der Waals surface area contributed by atoms with E-state index in [1.165, 1.54) is 18.4 Å². The molecule has 0 aromatic carbocycles. The minimum atomic E-state index is 0.701. The number of hydrogen-bond donors (Lipinski definition) is 0. The van der Waals surface area contributed by atoms with Gasteiger partial charge in [0.25, 0.3) is 0 Å². The quantitative estimate of drug-likeness (QED) is 0.572. The molecule has 0 saturated carbocycles. The molecule has 0 spiro atoms. The molecule has 1 heteroatoms. The molecule has 0 aliphatic rings. The Morgan fingerprint density at radius 1 is 1.38 bits per heavy atom. The predicted molar refractivity (Wildman–Crippen MR) is 60.9 cm³/mol. The molecule has 0 aliphatic carbocycles. The van der Waals surface area contributed by atoms with Gasteiger partial charge in [-0.25, -0.2) is 0 Å². The molecule has 0 amide bonds. The molecule has 13 heavy (non-hydrogen) atoms. The molecular weight excluding hydrogens is 158 g/mol. The highest BCUT2D eigenvalue weighted by Crippen LogP contribution is 2.24. The average molecular weight is 183 g/mol. The van der Waals surface area contributed by atoms with Crippen LogP contribution in [0.3, 0.4) is 0 Å². The minimum Gasteiger partial charge on any atom is -0.309 e. The molecule has 0 N–H and O–H groups in total. The normalized spacial score (nSPS) is 15.8. The first-order valence-electron chi connectivity index (χ1n) is 5.29. The van der Waals surface area contributed by atoms with Gasteiger partial charge in [0, 0.05) is 6.54 Å². The van der Waals surface area contributed by atoms with Gasteiger partial charge in [0.05, 0.1) is 0 Å². The van der Waals surface area contributed by atoms with Crippen LogP contribution in [0.15, 0.2) is 12.2 Å². The molecule has 0 rings (SSSR count). The van der Waals surface area contributed by atoms with Gasteiger partial charge in [-0.05, 0) is 39.3 Å². The lowest BCUT2D eigenvalue weighted by Crippen LogP contribution is -2.26. The molecule has 0 aliphatic heterocycles. The molecule has 2 unspecified atom stereocenters.